The fourth-order valence-corrected chi connectivity index (χ4v) is 2.31. The molecule has 2 rings (SSSR count). The molecule has 1 heterocycles. The smallest absolute Gasteiger partial charge is 0.321 e. The predicted molar refractivity (Wildman–Crippen MR) is 63.6 cm³/mol. The molecule has 1 aliphatic rings. The topological polar surface area (TPSA) is 32.3 Å². The van der Waals surface area contributed by atoms with Gasteiger partial charge in [0.2, 0.25) is 0 Å². The summed E-state index contributed by atoms with van der Waals surface area (Å²) >= 11 is 1.67. The Balaban J connectivity index is 2.30. The summed E-state index contributed by atoms with van der Waals surface area (Å²) in [4.78, 5) is 14.6. The van der Waals surface area contributed by atoms with Crippen LogP contribution in [0.5, 0.6) is 0 Å². The molecular formula is C11H14N2OS. The van der Waals surface area contributed by atoms with Crippen molar-refractivity contribution < 1.29 is 4.79 Å². The fourth-order valence-electron chi connectivity index (χ4n) is 1.71. The zero-order chi connectivity index (χ0) is 10.7. The largest absolute Gasteiger partial charge is 0.338 e. The first-order chi connectivity index (χ1) is 7.33. The third-order valence-corrected chi connectivity index (χ3v) is 3.24. The first-order valence-electron chi connectivity index (χ1n) is 5.01. The van der Waals surface area contributed by atoms with Crippen molar-refractivity contribution in [3.63, 3.8) is 0 Å². The van der Waals surface area contributed by atoms with Gasteiger partial charge in [0.05, 0.1) is 5.69 Å². The molecule has 1 N–H and O–H groups in total. The van der Waals surface area contributed by atoms with E-state index in [4.69, 9.17) is 0 Å². The van der Waals surface area contributed by atoms with Crippen molar-refractivity contribution in [3.05, 3.63) is 24.3 Å². The zero-order valence-corrected chi connectivity index (χ0v) is 9.51. The lowest BCUT2D eigenvalue weighted by molar-refractivity contribution is 0.242. The molecule has 0 radical (unpaired) electrons. The number of carbonyl (C=O) groups is 1. The molecular weight excluding hydrogens is 208 g/mol. The molecule has 0 aliphatic carbocycles. The van der Waals surface area contributed by atoms with E-state index in [1.807, 2.05) is 35.4 Å². The Bertz CT molecular complexity index is 367. The average Bonchev–Trinajstić information content (AvgIpc) is 2.30. The van der Waals surface area contributed by atoms with Crippen molar-refractivity contribution in [1.29, 1.82) is 0 Å². The molecule has 0 saturated carbocycles. The summed E-state index contributed by atoms with van der Waals surface area (Å²) in [6, 6.07) is 8.02. The predicted octanol–water partition coefficient (Wildman–Crippen LogP) is 2.33. The lowest BCUT2D eigenvalue weighted by Crippen LogP contribution is -2.46. The maximum Gasteiger partial charge on any atom is 0.321 e. The molecule has 0 atom stereocenters. The second kappa shape index (κ2) is 4.57. The number of rotatable bonds is 2. The summed E-state index contributed by atoms with van der Waals surface area (Å²) in [7, 11) is 0. The third kappa shape index (κ3) is 2.09. The molecule has 0 unspecified atom stereocenters. The Morgan fingerprint density at radius 3 is 2.93 bits per heavy atom. The van der Waals surface area contributed by atoms with Crippen molar-refractivity contribution in [2.75, 3.05) is 24.2 Å². The molecule has 1 saturated heterocycles. The van der Waals surface area contributed by atoms with E-state index in [2.05, 4.69) is 5.32 Å². The molecule has 2 amide bonds. The molecule has 15 heavy (non-hydrogen) atoms. The molecule has 0 spiro atoms. The van der Waals surface area contributed by atoms with Gasteiger partial charge in [0.1, 0.15) is 0 Å². The van der Waals surface area contributed by atoms with Gasteiger partial charge in [-0.1, -0.05) is 12.1 Å². The van der Waals surface area contributed by atoms with E-state index in [9.17, 15) is 4.79 Å². The quantitative estimate of drug-likeness (QED) is 0.779. The van der Waals surface area contributed by atoms with Crippen LogP contribution in [0.1, 0.15) is 6.42 Å². The number of benzene rings is 1. The van der Waals surface area contributed by atoms with Gasteiger partial charge in [0.15, 0.2) is 0 Å². The van der Waals surface area contributed by atoms with E-state index in [1.54, 1.807) is 11.8 Å². The Hall–Kier alpha value is -1.16. The van der Waals surface area contributed by atoms with Gasteiger partial charge in [-0.2, -0.15) is 0 Å². The SMILES string of the molecule is CSc1ccccc1N1CCCNC1=O. The van der Waals surface area contributed by atoms with Crippen molar-refractivity contribution in [2.45, 2.75) is 11.3 Å². The van der Waals surface area contributed by atoms with E-state index in [0.29, 0.717) is 0 Å². The second-order valence-corrected chi connectivity index (χ2v) is 4.26. The monoisotopic (exact) mass is 222 g/mol. The van der Waals surface area contributed by atoms with E-state index < -0.39 is 0 Å². The van der Waals surface area contributed by atoms with Gasteiger partial charge in [-0.25, -0.2) is 4.79 Å². The number of amides is 2. The van der Waals surface area contributed by atoms with Crippen molar-refractivity contribution in [1.82, 2.24) is 5.32 Å². The van der Waals surface area contributed by atoms with Gasteiger partial charge >= 0.3 is 6.03 Å². The van der Waals surface area contributed by atoms with Crippen LogP contribution in [-0.4, -0.2) is 25.4 Å². The standard InChI is InChI=1S/C11H14N2OS/c1-15-10-6-3-2-5-9(10)13-8-4-7-12-11(13)14/h2-3,5-6H,4,7-8H2,1H3,(H,12,14). The number of hydrogen-bond acceptors (Lipinski definition) is 2. The Morgan fingerprint density at radius 1 is 1.40 bits per heavy atom. The highest BCUT2D eigenvalue weighted by molar-refractivity contribution is 7.98. The van der Waals surface area contributed by atoms with E-state index in [-0.39, 0.29) is 6.03 Å². The van der Waals surface area contributed by atoms with E-state index >= 15 is 0 Å². The molecule has 80 valence electrons. The number of anilines is 1. The molecule has 4 heteroatoms. The minimum atomic E-state index is 0.0164. The Labute approximate surface area is 93.8 Å². The summed E-state index contributed by atoms with van der Waals surface area (Å²) in [5.41, 5.74) is 1.02. The molecule has 0 bridgehead atoms. The van der Waals surface area contributed by atoms with Crippen LogP contribution >= 0.6 is 11.8 Å². The summed E-state index contributed by atoms with van der Waals surface area (Å²) in [5.74, 6) is 0. The number of urea groups is 1. The van der Waals surface area contributed by atoms with Crippen LogP contribution in [0.4, 0.5) is 10.5 Å². The fraction of sp³-hybridized carbons (Fsp3) is 0.364. The lowest BCUT2D eigenvalue weighted by atomic mass is 10.2. The number of nitrogens with zero attached hydrogens (tertiary/aromatic N) is 1. The van der Waals surface area contributed by atoms with Crippen LogP contribution in [0.15, 0.2) is 29.2 Å². The Morgan fingerprint density at radius 2 is 2.20 bits per heavy atom. The van der Waals surface area contributed by atoms with Crippen LogP contribution in [0.25, 0.3) is 0 Å². The van der Waals surface area contributed by atoms with Gasteiger partial charge in [0.25, 0.3) is 0 Å². The molecule has 1 aliphatic heterocycles. The summed E-state index contributed by atoms with van der Waals surface area (Å²) < 4.78 is 0. The summed E-state index contributed by atoms with van der Waals surface area (Å²) in [6.45, 7) is 1.60. The van der Waals surface area contributed by atoms with Crippen LogP contribution in [0.2, 0.25) is 0 Å². The van der Waals surface area contributed by atoms with Crippen molar-refractivity contribution in [2.24, 2.45) is 0 Å². The highest BCUT2D eigenvalue weighted by Gasteiger charge is 2.20. The number of hydrogen-bond donors (Lipinski definition) is 1. The average molecular weight is 222 g/mol. The van der Waals surface area contributed by atoms with Crippen LogP contribution in [0.3, 0.4) is 0 Å². The second-order valence-electron chi connectivity index (χ2n) is 3.41. The normalized spacial score (nSPS) is 16.3. The molecule has 1 aromatic carbocycles. The first kappa shape index (κ1) is 10.4. The summed E-state index contributed by atoms with van der Waals surface area (Å²) in [5, 5.41) is 2.86. The number of nitrogens with one attached hydrogen (secondary N) is 1. The third-order valence-electron chi connectivity index (χ3n) is 2.46. The van der Waals surface area contributed by atoms with Crippen molar-refractivity contribution >= 4 is 23.5 Å². The minimum Gasteiger partial charge on any atom is -0.338 e. The number of para-hydroxylation sites is 1. The van der Waals surface area contributed by atoms with Gasteiger partial charge in [-0.15, -0.1) is 11.8 Å². The molecule has 1 fully saturated rings. The van der Waals surface area contributed by atoms with Gasteiger partial charge < -0.3 is 5.32 Å². The molecule has 3 nitrogen and oxygen atoms in total. The highest BCUT2D eigenvalue weighted by atomic mass is 32.2. The molecule has 1 aromatic rings. The van der Waals surface area contributed by atoms with Gasteiger partial charge in [-0.05, 0) is 24.8 Å². The maximum absolute atomic E-state index is 11.7. The van der Waals surface area contributed by atoms with Crippen LogP contribution in [-0.2, 0) is 0 Å². The number of carbonyl (C=O) groups excluding carboxylic acids is 1. The zero-order valence-electron chi connectivity index (χ0n) is 8.69. The minimum absolute atomic E-state index is 0.0164. The van der Waals surface area contributed by atoms with E-state index in [0.717, 1.165) is 30.1 Å². The van der Waals surface area contributed by atoms with E-state index in [1.165, 1.54) is 0 Å². The van der Waals surface area contributed by atoms with Crippen LogP contribution < -0.4 is 10.2 Å². The number of thioether (sulfide) groups is 1. The summed E-state index contributed by atoms with van der Waals surface area (Å²) in [6.07, 6.45) is 3.04. The first-order valence-corrected chi connectivity index (χ1v) is 6.24. The highest BCUT2D eigenvalue weighted by Crippen LogP contribution is 2.29. The van der Waals surface area contributed by atoms with Gasteiger partial charge in [0, 0.05) is 18.0 Å². The molecule has 0 aromatic heterocycles. The van der Waals surface area contributed by atoms with Crippen LogP contribution in [0, 0.1) is 0 Å². The maximum atomic E-state index is 11.7. The lowest BCUT2D eigenvalue weighted by Gasteiger charge is -2.28. The van der Waals surface area contributed by atoms with Crippen molar-refractivity contribution in [3.8, 4) is 0 Å². The Kier molecular flexibility index (Phi) is 3.16. The van der Waals surface area contributed by atoms with Gasteiger partial charge in [-0.3, -0.25) is 4.90 Å².